The number of allylic oxidation sites excluding steroid dienone is 4. The molecule has 0 saturated heterocycles. The van der Waals surface area contributed by atoms with Crippen LogP contribution in [0.25, 0.3) is 0 Å². The first-order chi connectivity index (χ1) is 8.36. The number of hydrogen-bond acceptors (Lipinski definition) is 0. The highest BCUT2D eigenvalue weighted by molar-refractivity contribution is 5.37. The average Bonchev–Trinajstić information content (AvgIpc) is 2.27. The van der Waals surface area contributed by atoms with Gasteiger partial charge in [0.15, 0.2) is 0 Å². The van der Waals surface area contributed by atoms with E-state index < -0.39 is 0 Å². The number of rotatable bonds is 1. The Balaban J connectivity index is 2.24. The smallest absolute Gasteiger partial charge is 0.00608 e. The fraction of sp³-hybridized carbons (Fsp3) is 0.444. The summed E-state index contributed by atoms with van der Waals surface area (Å²) in [6.07, 6.45) is 5.84. The summed E-state index contributed by atoms with van der Waals surface area (Å²) < 4.78 is 0. The Morgan fingerprint density at radius 2 is 1.61 bits per heavy atom. The molecule has 1 aliphatic rings. The SMILES string of the molecule is CC1=CC(c2ccc(C(C)(C)C)cc2)CC(C)=C1. The monoisotopic (exact) mass is 240 g/mol. The van der Waals surface area contributed by atoms with Gasteiger partial charge in [0.1, 0.15) is 0 Å². The molecule has 1 aromatic carbocycles. The lowest BCUT2D eigenvalue weighted by Crippen LogP contribution is -2.11. The highest BCUT2D eigenvalue weighted by atomic mass is 14.2. The van der Waals surface area contributed by atoms with E-state index in [9.17, 15) is 0 Å². The summed E-state index contributed by atoms with van der Waals surface area (Å²) in [6.45, 7) is 11.2. The van der Waals surface area contributed by atoms with Crippen LogP contribution in [-0.2, 0) is 5.41 Å². The molecule has 0 heterocycles. The first kappa shape index (κ1) is 13.1. The van der Waals surface area contributed by atoms with E-state index in [4.69, 9.17) is 0 Å². The Hall–Kier alpha value is -1.30. The van der Waals surface area contributed by atoms with Crippen molar-refractivity contribution in [2.75, 3.05) is 0 Å². The first-order valence-corrected chi connectivity index (χ1v) is 6.82. The molecule has 0 N–H and O–H groups in total. The standard InChI is InChI=1S/C18H24/c1-13-10-14(2)12-16(11-13)15-6-8-17(9-7-15)18(3,4)5/h6-11,16H,12H2,1-5H3. The van der Waals surface area contributed by atoms with E-state index in [2.05, 4.69) is 71.0 Å². The van der Waals surface area contributed by atoms with Crippen molar-refractivity contribution in [3.05, 3.63) is 58.7 Å². The molecular weight excluding hydrogens is 216 g/mol. The third kappa shape index (κ3) is 2.93. The summed E-state index contributed by atoms with van der Waals surface area (Å²) in [5.74, 6) is 0.559. The van der Waals surface area contributed by atoms with Crippen molar-refractivity contribution in [3.63, 3.8) is 0 Å². The fourth-order valence-corrected chi connectivity index (χ4v) is 2.66. The van der Waals surface area contributed by atoms with Crippen LogP contribution in [0, 0.1) is 0 Å². The van der Waals surface area contributed by atoms with Crippen molar-refractivity contribution in [3.8, 4) is 0 Å². The van der Waals surface area contributed by atoms with E-state index in [1.165, 1.54) is 22.3 Å². The quantitative estimate of drug-likeness (QED) is 0.619. The second kappa shape index (κ2) is 4.76. The minimum atomic E-state index is 0.243. The zero-order chi connectivity index (χ0) is 13.3. The summed E-state index contributed by atoms with van der Waals surface area (Å²) in [4.78, 5) is 0. The lowest BCUT2D eigenvalue weighted by molar-refractivity contribution is 0.589. The maximum absolute atomic E-state index is 2.39. The van der Waals surface area contributed by atoms with Crippen molar-refractivity contribution in [1.29, 1.82) is 0 Å². The van der Waals surface area contributed by atoms with Gasteiger partial charge in [0.25, 0.3) is 0 Å². The van der Waals surface area contributed by atoms with Gasteiger partial charge in [-0.25, -0.2) is 0 Å². The van der Waals surface area contributed by atoms with Gasteiger partial charge in [-0.05, 0) is 36.8 Å². The topological polar surface area (TPSA) is 0 Å². The lowest BCUT2D eigenvalue weighted by Gasteiger charge is -2.22. The second-order valence-corrected chi connectivity index (χ2v) is 6.58. The summed E-state index contributed by atoms with van der Waals surface area (Å²) in [5, 5.41) is 0. The minimum Gasteiger partial charge on any atom is -0.0738 e. The largest absolute Gasteiger partial charge is 0.0738 e. The van der Waals surface area contributed by atoms with Crippen molar-refractivity contribution >= 4 is 0 Å². The van der Waals surface area contributed by atoms with Gasteiger partial charge in [-0.1, -0.05) is 68.3 Å². The molecule has 1 atom stereocenters. The van der Waals surface area contributed by atoms with Gasteiger partial charge >= 0.3 is 0 Å². The maximum Gasteiger partial charge on any atom is 0.00608 e. The average molecular weight is 240 g/mol. The van der Waals surface area contributed by atoms with Crippen LogP contribution < -0.4 is 0 Å². The van der Waals surface area contributed by atoms with Gasteiger partial charge in [-0.3, -0.25) is 0 Å². The molecule has 0 aliphatic heterocycles. The van der Waals surface area contributed by atoms with Gasteiger partial charge in [0.2, 0.25) is 0 Å². The molecule has 0 fully saturated rings. The number of benzene rings is 1. The normalized spacial score (nSPS) is 20.4. The van der Waals surface area contributed by atoms with E-state index in [1.807, 2.05) is 0 Å². The minimum absolute atomic E-state index is 0.243. The molecule has 1 aromatic rings. The van der Waals surface area contributed by atoms with Crippen LogP contribution in [0.4, 0.5) is 0 Å². The molecule has 0 amide bonds. The Kier molecular flexibility index (Phi) is 3.47. The van der Waals surface area contributed by atoms with Crippen LogP contribution in [0.5, 0.6) is 0 Å². The Bertz CT molecular complexity index is 478. The Labute approximate surface area is 111 Å². The van der Waals surface area contributed by atoms with Crippen molar-refractivity contribution in [2.45, 2.75) is 52.4 Å². The van der Waals surface area contributed by atoms with E-state index in [-0.39, 0.29) is 5.41 Å². The molecule has 0 radical (unpaired) electrons. The van der Waals surface area contributed by atoms with E-state index in [0.717, 1.165) is 6.42 Å². The predicted molar refractivity (Wildman–Crippen MR) is 80.0 cm³/mol. The molecule has 1 aliphatic carbocycles. The van der Waals surface area contributed by atoms with E-state index in [1.54, 1.807) is 0 Å². The molecule has 0 spiro atoms. The van der Waals surface area contributed by atoms with Crippen LogP contribution >= 0.6 is 0 Å². The lowest BCUT2D eigenvalue weighted by atomic mass is 9.83. The third-order valence-electron chi connectivity index (χ3n) is 3.68. The van der Waals surface area contributed by atoms with Gasteiger partial charge < -0.3 is 0 Å². The van der Waals surface area contributed by atoms with Crippen LogP contribution in [0.15, 0.2) is 47.6 Å². The molecule has 0 bridgehead atoms. The van der Waals surface area contributed by atoms with Crippen LogP contribution in [0.3, 0.4) is 0 Å². The molecule has 18 heavy (non-hydrogen) atoms. The molecular formula is C18H24. The van der Waals surface area contributed by atoms with Crippen LogP contribution in [0.1, 0.15) is 58.1 Å². The number of hydrogen-bond donors (Lipinski definition) is 0. The van der Waals surface area contributed by atoms with Gasteiger partial charge in [0.05, 0.1) is 0 Å². The van der Waals surface area contributed by atoms with E-state index >= 15 is 0 Å². The Morgan fingerprint density at radius 1 is 1.00 bits per heavy atom. The van der Waals surface area contributed by atoms with Crippen molar-refractivity contribution in [1.82, 2.24) is 0 Å². The van der Waals surface area contributed by atoms with Gasteiger partial charge in [-0.15, -0.1) is 0 Å². The summed E-state index contributed by atoms with van der Waals surface area (Å²) >= 11 is 0. The Morgan fingerprint density at radius 3 is 2.11 bits per heavy atom. The summed E-state index contributed by atoms with van der Waals surface area (Å²) in [6, 6.07) is 9.17. The van der Waals surface area contributed by atoms with Crippen LogP contribution in [-0.4, -0.2) is 0 Å². The summed E-state index contributed by atoms with van der Waals surface area (Å²) in [7, 11) is 0. The highest BCUT2D eigenvalue weighted by Crippen LogP contribution is 2.32. The van der Waals surface area contributed by atoms with E-state index in [0.29, 0.717) is 5.92 Å². The molecule has 96 valence electrons. The van der Waals surface area contributed by atoms with Crippen molar-refractivity contribution in [2.24, 2.45) is 0 Å². The zero-order valence-electron chi connectivity index (χ0n) is 12.2. The zero-order valence-corrected chi connectivity index (χ0v) is 12.2. The molecule has 1 unspecified atom stereocenters. The molecule has 0 nitrogen and oxygen atoms in total. The highest BCUT2D eigenvalue weighted by Gasteiger charge is 2.16. The van der Waals surface area contributed by atoms with Gasteiger partial charge in [-0.2, -0.15) is 0 Å². The summed E-state index contributed by atoms with van der Waals surface area (Å²) in [5.41, 5.74) is 5.97. The predicted octanol–water partition coefficient (Wildman–Crippen LogP) is 5.36. The molecule has 0 aromatic heterocycles. The molecule has 2 rings (SSSR count). The third-order valence-corrected chi connectivity index (χ3v) is 3.68. The molecule has 0 heteroatoms. The maximum atomic E-state index is 2.39. The first-order valence-electron chi connectivity index (χ1n) is 6.82. The second-order valence-electron chi connectivity index (χ2n) is 6.58. The van der Waals surface area contributed by atoms with Gasteiger partial charge in [0, 0.05) is 5.92 Å². The van der Waals surface area contributed by atoms with Crippen LogP contribution in [0.2, 0.25) is 0 Å². The van der Waals surface area contributed by atoms with Crippen molar-refractivity contribution < 1.29 is 0 Å². The molecule has 0 saturated carbocycles. The fourth-order valence-electron chi connectivity index (χ4n) is 2.66.